The van der Waals surface area contributed by atoms with E-state index in [0.29, 0.717) is 6.54 Å². The Balaban J connectivity index is 1.68. The Hall–Kier alpha value is -0.650. The van der Waals surface area contributed by atoms with Gasteiger partial charge < -0.3 is 10.2 Å². The molecule has 0 unspecified atom stereocenters. The zero-order valence-electron chi connectivity index (χ0n) is 12.5. The van der Waals surface area contributed by atoms with Crippen molar-refractivity contribution in [3.05, 3.63) is 0 Å². The Morgan fingerprint density at radius 2 is 2.00 bits per heavy atom. The molecule has 1 saturated heterocycles. The molecule has 2 N–H and O–H groups in total. The van der Waals surface area contributed by atoms with Crippen molar-refractivity contribution in [2.24, 2.45) is 5.92 Å². The molecule has 0 amide bonds. The molecule has 0 radical (unpaired) electrons. The van der Waals surface area contributed by atoms with Gasteiger partial charge in [-0.1, -0.05) is 25.7 Å². The maximum absolute atomic E-state index is 10.7. The Bertz CT molecular complexity index is 318. The number of carboxylic acids is 1. The van der Waals surface area contributed by atoms with E-state index in [-0.39, 0.29) is 12.6 Å². The number of aliphatic carboxylic acids is 1. The van der Waals surface area contributed by atoms with Gasteiger partial charge in [0.2, 0.25) is 0 Å². The van der Waals surface area contributed by atoms with E-state index in [0.717, 1.165) is 19.0 Å². The maximum atomic E-state index is 10.7. The van der Waals surface area contributed by atoms with Crippen molar-refractivity contribution < 1.29 is 15.0 Å². The van der Waals surface area contributed by atoms with E-state index in [1.165, 1.54) is 38.5 Å². The summed E-state index contributed by atoms with van der Waals surface area (Å²) < 4.78 is 0. The second kappa shape index (κ2) is 7.38. The quantitative estimate of drug-likeness (QED) is 0.731. The van der Waals surface area contributed by atoms with Crippen molar-refractivity contribution in [1.82, 2.24) is 9.80 Å². The molecule has 5 heteroatoms. The molecule has 1 heterocycles. The summed E-state index contributed by atoms with van der Waals surface area (Å²) in [6, 6.07) is -0.0439. The fourth-order valence-electron chi connectivity index (χ4n) is 3.70. The second-order valence-corrected chi connectivity index (χ2v) is 6.50. The minimum atomic E-state index is -0.834. The molecule has 2 rings (SSSR count). The number of β-amino-alcohol motifs (C(OH)–C–C–N with tert-alkyl or cyclic N) is 1. The number of rotatable bonds is 7. The highest BCUT2D eigenvalue weighted by Crippen LogP contribution is 2.28. The van der Waals surface area contributed by atoms with Gasteiger partial charge in [0.05, 0.1) is 12.6 Å². The summed E-state index contributed by atoms with van der Waals surface area (Å²) in [5, 5.41) is 18.9. The number of nitrogens with zero attached hydrogens (tertiary/aromatic N) is 2. The van der Waals surface area contributed by atoms with Gasteiger partial charge in [-0.2, -0.15) is 0 Å². The predicted molar refractivity (Wildman–Crippen MR) is 77.7 cm³/mol. The molecule has 116 valence electrons. The standard InChI is InChI=1S/C15H28N2O3/c1-16(11-15(19)20)13-9-17(10-14(13)18)8-4-7-12-5-2-3-6-12/h12-14,18H,2-11H2,1H3,(H,19,20)/t13-,14+/m0/s1. The maximum Gasteiger partial charge on any atom is 0.317 e. The van der Waals surface area contributed by atoms with Crippen LogP contribution >= 0.6 is 0 Å². The first-order valence-electron chi connectivity index (χ1n) is 7.88. The van der Waals surface area contributed by atoms with E-state index in [4.69, 9.17) is 5.11 Å². The first-order chi connectivity index (χ1) is 9.56. The van der Waals surface area contributed by atoms with Crippen LogP contribution in [0, 0.1) is 5.92 Å². The monoisotopic (exact) mass is 284 g/mol. The molecule has 0 bridgehead atoms. The topological polar surface area (TPSA) is 64.0 Å². The van der Waals surface area contributed by atoms with Gasteiger partial charge in [0.1, 0.15) is 0 Å². The predicted octanol–water partition coefficient (Wildman–Crippen LogP) is 1.02. The summed E-state index contributed by atoms with van der Waals surface area (Å²) in [6.07, 6.45) is 7.67. The Morgan fingerprint density at radius 3 is 2.65 bits per heavy atom. The van der Waals surface area contributed by atoms with Crippen LogP contribution in [0.4, 0.5) is 0 Å². The second-order valence-electron chi connectivity index (χ2n) is 6.50. The van der Waals surface area contributed by atoms with Gasteiger partial charge in [0.15, 0.2) is 0 Å². The molecule has 20 heavy (non-hydrogen) atoms. The highest BCUT2D eigenvalue weighted by atomic mass is 16.4. The van der Waals surface area contributed by atoms with Gasteiger partial charge in [-0.15, -0.1) is 0 Å². The number of aliphatic hydroxyl groups excluding tert-OH is 1. The molecule has 0 spiro atoms. The summed E-state index contributed by atoms with van der Waals surface area (Å²) in [4.78, 5) is 14.8. The van der Waals surface area contributed by atoms with Crippen molar-refractivity contribution in [3.63, 3.8) is 0 Å². The van der Waals surface area contributed by atoms with Crippen molar-refractivity contribution in [1.29, 1.82) is 0 Å². The number of aliphatic hydroxyl groups is 1. The van der Waals surface area contributed by atoms with Gasteiger partial charge in [-0.3, -0.25) is 14.6 Å². The average Bonchev–Trinajstić information content (AvgIpc) is 2.98. The molecular weight excluding hydrogens is 256 g/mol. The first kappa shape index (κ1) is 15.7. The molecule has 0 aromatic heterocycles. The molecule has 1 aliphatic heterocycles. The SMILES string of the molecule is CN(CC(=O)O)[C@H]1CN(CCCC2CCCC2)C[C@H]1O. The number of carbonyl (C=O) groups is 1. The van der Waals surface area contributed by atoms with E-state index < -0.39 is 12.1 Å². The third kappa shape index (κ3) is 4.43. The van der Waals surface area contributed by atoms with Crippen LogP contribution in [-0.2, 0) is 4.79 Å². The van der Waals surface area contributed by atoms with Crippen molar-refractivity contribution in [2.45, 2.75) is 50.7 Å². The first-order valence-corrected chi connectivity index (χ1v) is 7.88. The number of hydrogen-bond acceptors (Lipinski definition) is 4. The molecule has 1 aliphatic carbocycles. The van der Waals surface area contributed by atoms with Gasteiger partial charge in [-0.05, 0) is 32.4 Å². The van der Waals surface area contributed by atoms with Gasteiger partial charge in [0.25, 0.3) is 0 Å². The molecule has 2 atom stereocenters. The zero-order valence-corrected chi connectivity index (χ0v) is 12.5. The van der Waals surface area contributed by atoms with Crippen LogP contribution in [0.3, 0.4) is 0 Å². The lowest BCUT2D eigenvalue weighted by atomic mass is 10.0. The third-order valence-corrected chi connectivity index (χ3v) is 4.85. The van der Waals surface area contributed by atoms with Crippen LogP contribution in [0.5, 0.6) is 0 Å². The van der Waals surface area contributed by atoms with E-state index in [1.807, 2.05) is 0 Å². The average molecular weight is 284 g/mol. The zero-order chi connectivity index (χ0) is 14.5. The summed E-state index contributed by atoms with van der Waals surface area (Å²) >= 11 is 0. The van der Waals surface area contributed by atoms with Crippen molar-refractivity contribution >= 4 is 5.97 Å². The minimum absolute atomic E-state index is 0.00234. The van der Waals surface area contributed by atoms with Crippen LogP contribution in [0.25, 0.3) is 0 Å². The molecule has 2 aliphatic rings. The largest absolute Gasteiger partial charge is 0.480 e. The summed E-state index contributed by atoms with van der Waals surface area (Å²) in [6.45, 7) is 2.50. The number of likely N-dealkylation sites (N-methyl/N-ethyl adjacent to an activating group) is 1. The highest BCUT2D eigenvalue weighted by molar-refractivity contribution is 5.69. The summed E-state index contributed by atoms with van der Waals surface area (Å²) in [5.41, 5.74) is 0. The van der Waals surface area contributed by atoms with Gasteiger partial charge in [-0.25, -0.2) is 0 Å². The number of carboxylic acid groups (broad SMARTS) is 1. The highest BCUT2D eigenvalue weighted by Gasteiger charge is 2.34. The van der Waals surface area contributed by atoms with Gasteiger partial charge in [0, 0.05) is 19.1 Å². The smallest absolute Gasteiger partial charge is 0.317 e. The lowest BCUT2D eigenvalue weighted by molar-refractivity contribution is -0.138. The Morgan fingerprint density at radius 1 is 1.30 bits per heavy atom. The van der Waals surface area contributed by atoms with Crippen LogP contribution in [0.15, 0.2) is 0 Å². The summed E-state index contributed by atoms with van der Waals surface area (Å²) in [7, 11) is 1.78. The number of hydrogen-bond donors (Lipinski definition) is 2. The normalized spacial score (nSPS) is 28.6. The van der Waals surface area contributed by atoms with E-state index >= 15 is 0 Å². The van der Waals surface area contributed by atoms with Crippen molar-refractivity contribution in [2.75, 3.05) is 33.2 Å². The molecule has 5 nitrogen and oxygen atoms in total. The van der Waals surface area contributed by atoms with Crippen LogP contribution < -0.4 is 0 Å². The molecular formula is C15H28N2O3. The fourth-order valence-corrected chi connectivity index (χ4v) is 3.70. The molecule has 1 saturated carbocycles. The van der Waals surface area contributed by atoms with E-state index in [9.17, 15) is 9.90 Å². The summed E-state index contributed by atoms with van der Waals surface area (Å²) in [5.74, 6) is 0.0902. The van der Waals surface area contributed by atoms with Crippen LogP contribution in [0.1, 0.15) is 38.5 Å². The Labute approximate surface area is 121 Å². The third-order valence-electron chi connectivity index (χ3n) is 4.85. The Kier molecular flexibility index (Phi) is 5.81. The van der Waals surface area contributed by atoms with E-state index in [1.54, 1.807) is 11.9 Å². The fraction of sp³-hybridized carbons (Fsp3) is 0.933. The number of likely N-dealkylation sites (tertiary alicyclic amines) is 1. The molecule has 0 aromatic rings. The molecule has 0 aromatic carbocycles. The molecule has 2 fully saturated rings. The minimum Gasteiger partial charge on any atom is -0.480 e. The lowest BCUT2D eigenvalue weighted by Crippen LogP contribution is -2.43. The van der Waals surface area contributed by atoms with Crippen LogP contribution in [0.2, 0.25) is 0 Å². The van der Waals surface area contributed by atoms with E-state index in [2.05, 4.69) is 4.90 Å². The van der Waals surface area contributed by atoms with Gasteiger partial charge >= 0.3 is 5.97 Å². The lowest BCUT2D eigenvalue weighted by Gasteiger charge is -2.24. The van der Waals surface area contributed by atoms with Crippen molar-refractivity contribution in [3.8, 4) is 0 Å². The van der Waals surface area contributed by atoms with Crippen LogP contribution in [-0.4, -0.2) is 71.4 Å².